The molecule has 0 spiro atoms. The Hall–Kier alpha value is -1.88. The number of carboxylic acid groups (broad SMARTS) is 1. The lowest BCUT2D eigenvalue weighted by molar-refractivity contribution is -0.326. The molecule has 8 nitrogen and oxygen atoms in total. The van der Waals surface area contributed by atoms with Gasteiger partial charge in [-0.3, -0.25) is 4.74 Å². The van der Waals surface area contributed by atoms with Gasteiger partial charge in [0.15, 0.2) is 0 Å². The second-order valence-electron chi connectivity index (χ2n) is 5.88. The van der Waals surface area contributed by atoms with Crippen molar-refractivity contribution in [3.05, 3.63) is 11.8 Å². The summed E-state index contributed by atoms with van der Waals surface area (Å²) in [6.45, 7) is -0.228. The highest BCUT2D eigenvalue weighted by atomic mass is 19.4. The molecule has 24 heavy (non-hydrogen) atoms. The average molecular weight is 351 g/mol. The van der Waals surface area contributed by atoms with Crippen LogP contribution in [0.5, 0.6) is 0 Å². The van der Waals surface area contributed by atoms with Crippen molar-refractivity contribution in [2.45, 2.75) is 43.7 Å². The number of aromatic nitrogens is 2. The maximum Gasteiger partial charge on any atom is 0.522 e. The Morgan fingerprint density at radius 1 is 1.33 bits per heavy atom. The Labute approximate surface area is 134 Å². The van der Waals surface area contributed by atoms with Crippen molar-refractivity contribution in [1.82, 2.24) is 15.5 Å². The maximum atomic E-state index is 12.0. The molecule has 1 saturated carbocycles. The highest BCUT2D eigenvalue weighted by Crippen LogP contribution is 2.48. The minimum atomic E-state index is -4.64. The topological polar surface area (TPSA) is 107 Å². The van der Waals surface area contributed by atoms with Crippen LogP contribution in [0.2, 0.25) is 0 Å². The zero-order valence-corrected chi connectivity index (χ0v) is 12.5. The summed E-state index contributed by atoms with van der Waals surface area (Å²) in [6, 6.07) is -0.284. The molecule has 0 aromatic carbocycles. The van der Waals surface area contributed by atoms with Crippen LogP contribution in [0.25, 0.3) is 0 Å². The van der Waals surface area contributed by atoms with E-state index in [0.717, 1.165) is 0 Å². The molecule has 1 aliphatic heterocycles. The summed E-state index contributed by atoms with van der Waals surface area (Å²) in [6.07, 6.45) is -4.58. The number of hydrogen-bond acceptors (Lipinski definition) is 6. The van der Waals surface area contributed by atoms with Gasteiger partial charge in [-0.25, -0.2) is 4.79 Å². The molecule has 134 valence electrons. The van der Waals surface area contributed by atoms with Gasteiger partial charge in [-0.2, -0.15) is 0 Å². The van der Waals surface area contributed by atoms with Crippen molar-refractivity contribution < 1.29 is 37.0 Å². The molecular weight excluding hydrogens is 335 g/mol. The molecule has 1 aromatic rings. The number of rotatable bonds is 5. The molecule has 2 heterocycles. The number of alkyl halides is 3. The first kappa shape index (κ1) is 17.0. The minimum absolute atomic E-state index is 0.195. The smallest absolute Gasteiger partial charge is 0.465 e. The van der Waals surface area contributed by atoms with E-state index in [-0.39, 0.29) is 36.3 Å². The zero-order chi connectivity index (χ0) is 17.3. The van der Waals surface area contributed by atoms with Gasteiger partial charge in [0.25, 0.3) is 0 Å². The molecule has 3 rings (SSSR count). The molecule has 0 bridgehead atoms. The first-order chi connectivity index (χ1) is 11.3. The lowest BCUT2D eigenvalue weighted by Crippen LogP contribution is -2.40. The minimum Gasteiger partial charge on any atom is -0.465 e. The Balaban J connectivity index is 1.48. The summed E-state index contributed by atoms with van der Waals surface area (Å²) < 4.78 is 50.8. The maximum absolute atomic E-state index is 12.0. The molecule has 4 atom stereocenters. The summed E-state index contributed by atoms with van der Waals surface area (Å²) in [5.41, 5.74) is 0. The molecule has 1 saturated heterocycles. The van der Waals surface area contributed by atoms with E-state index in [2.05, 4.69) is 20.3 Å². The lowest BCUT2D eigenvalue weighted by Gasteiger charge is -2.26. The van der Waals surface area contributed by atoms with Crippen LogP contribution in [-0.2, 0) is 9.47 Å². The number of nitrogens with zero attached hydrogens (tertiary/aromatic N) is 2. The third kappa shape index (κ3) is 4.35. The Bertz CT molecular complexity index is 586. The molecule has 11 heteroatoms. The summed E-state index contributed by atoms with van der Waals surface area (Å²) in [7, 11) is 0. The lowest BCUT2D eigenvalue weighted by atomic mass is 10.1. The molecule has 0 unspecified atom stereocenters. The SMILES string of the molecule is O=C(O)N[C@@H]1CC[C@@H](c2nnc([C@@H]3C[C@H]3COC(F)(F)F)o2)OC1. The van der Waals surface area contributed by atoms with Gasteiger partial charge in [0.1, 0.15) is 6.10 Å². The van der Waals surface area contributed by atoms with Gasteiger partial charge in [-0.05, 0) is 25.2 Å². The molecule has 2 fully saturated rings. The van der Waals surface area contributed by atoms with Crippen LogP contribution in [0, 0.1) is 5.92 Å². The number of nitrogens with one attached hydrogen (secondary N) is 1. The van der Waals surface area contributed by atoms with E-state index >= 15 is 0 Å². The largest absolute Gasteiger partial charge is 0.522 e. The number of carbonyl (C=O) groups is 1. The van der Waals surface area contributed by atoms with Gasteiger partial charge in [0.2, 0.25) is 11.8 Å². The van der Waals surface area contributed by atoms with Crippen molar-refractivity contribution in [3.8, 4) is 0 Å². The Kier molecular flexibility index (Phi) is 4.63. The first-order valence-electron chi connectivity index (χ1n) is 7.47. The summed E-state index contributed by atoms with van der Waals surface area (Å²) in [5.74, 6) is 0.0475. The van der Waals surface area contributed by atoms with E-state index in [1.807, 2.05) is 0 Å². The third-order valence-corrected chi connectivity index (χ3v) is 4.04. The molecule has 2 N–H and O–H groups in total. The molecule has 2 aliphatic rings. The van der Waals surface area contributed by atoms with Gasteiger partial charge in [0, 0.05) is 5.92 Å². The van der Waals surface area contributed by atoms with Crippen LogP contribution in [-0.4, -0.2) is 47.0 Å². The van der Waals surface area contributed by atoms with Gasteiger partial charge in [-0.1, -0.05) is 0 Å². The quantitative estimate of drug-likeness (QED) is 0.837. The Morgan fingerprint density at radius 3 is 2.71 bits per heavy atom. The summed E-state index contributed by atoms with van der Waals surface area (Å²) in [4.78, 5) is 10.6. The fraction of sp³-hybridized carbons (Fsp3) is 0.769. The van der Waals surface area contributed by atoms with Crippen molar-refractivity contribution in [2.24, 2.45) is 5.92 Å². The molecule has 1 aromatic heterocycles. The molecule has 0 radical (unpaired) electrons. The standard InChI is InChI=1S/C13H16F3N3O5/c14-13(15,16)23-4-6-3-8(6)10-18-19-11(24-10)9-2-1-7(5-22-9)17-12(20)21/h6-9,17H,1-5H2,(H,20,21)/t6-,7+,8+,9-/m0/s1. The molecule has 1 amide bonds. The van der Waals surface area contributed by atoms with E-state index in [1.165, 1.54) is 0 Å². The van der Waals surface area contributed by atoms with E-state index in [1.54, 1.807) is 0 Å². The van der Waals surface area contributed by atoms with Gasteiger partial charge in [0.05, 0.1) is 19.3 Å². The second-order valence-corrected chi connectivity index (χ2v) is 5.88. The van der Waals surface area contributed by atoms with E-state index in [9.17, 15) is 18.0 Å². The molecule has 1 aliphatic carbocycles. The van der Waals surface area contributed by atoms with E-state index < -0.39 is 25.2 Å². The number of halogens is 3. The number of ether oxygens (including phenoxy) is 2. The summed E-state index contributed by atoms with van der Waals surface area (Å²) in [5, 5.41) is 18.8. The van der Waals surface area contributed by atoms with Crippen LogP contribution in [0.15, 0.2) is 4.42 Å². The van der Waals surface area contributed by atoms with Crippen molar-refractivity contribution >= 4 is 6.09 Å². The third-order valence-electron chi connectivity index (χ3n) is 4.04. The van der Waals surface area contributed by atoms with Crippen LogP contribution in [0.1, 0.15) is 43.1 Å². The van der Waals surface area contributed by atoms with Crippen LogP contribution in [0.4, 0.5) is 18.0 Å². The second kappa shape index (κ2) is 6.55. The molecular formula is C13H16F3N3O5. The predicted molar refractivity (Wildman–Crippen MR) is 70.0 cm³/mol. The monoisotopic (exact) mass is 351 g/mol. The van der Waals surface area contributed by atoms with Crippen molar-refractivity contribution in [2.75, 3.05) is 13.2 Å². The van der Waals surface area contributed by atoms with Crippen molar-refractivity contribution in [3.63, 3.8) is 0 Å². The fourth-order valence-electron chi connectivity index (χ4n) is 2.70. The fourth-order valence-corrected chi connectivity index (χ4v) is 2.70. The summed E-state index contributed by atoms with van der Waals surface area (Å²) >= 11 is 0. The predicted octanol–water partition coefficient (Wildman–Crippen LogP) is 2.20. The Morgan fingerprint density at radius 2 is 2.08 bits per heavy atom. The average Bonchev–Trinajstić information content (AvgIpc) is 3.11. The van der Waals surface area contributed by atoms with Gasteiger partial charge in [-0.15, -0.1) is 23.4 Å². The van der Waals surface area contributed by atoms with Crippen molar-refractivity contribution in [1.29, 1.82) is 0 Å². The van der Waals surface area contributed by atoms with Crippen LogP contribution in [0.3, 0.4) is 0 Å². The highest BCUT2D eigenvalue weighted by Gasteiger charge is 2.45. The van der Waals surface area contributed by atoms with Crippen LogP contribution < -0.4 is 5.32 Å². The van der Waals surface area contributed by atoms with Gasteiger partial charge >= 0.3 is 12.5 Å². The van der Waals surface area contributed by atoms with E-state index in [4.69, 9.17) is 14.3 Å². The zero-order valence-electron chi connectivity index (χ0n) is 12.5. The van der Waals surface area contributed by atoms with Crippen LogP contribution >= 0.6 is 0 Å². The highest BCUT2D eigenvalue weighted by molar-refractivity contribution is 5.64. The first-order valence-corrected chi connectivity index (χ1v) is 7.47. The number of hydrogen-bond donors (Lipinski definition) is 2. The van der Waals surface area contributed by atoms with E-state index in [0.29, 0.717) is 19.3 Å². The number of amides is 1. The van der Waals surface area contributed by atoms with Gasteiger partial charge < -0.3 is 19.6 Å². The normalized spacial score (nSPS) is 30.1.